The van der Waals surface area contributed by atoms with Gasteiger partial charge >= 0.3 is 6.18 Å². The lowest BCUT2D eigenvalue weighted by Crippen LogP contribution is -2.39. The molecule has 1 fully saturated rings. The Hall–Kier alpha value is -2.83. The highest BCUT2D eigenvalue weighted by Gasteiger charge is 2.32. The SMILES string of the molecule is Cc1ccc(CC(=O)NC(CN2CCCC2=O)c2cccc(C(F)(F)F)c2)cc1. The van der Waals surface area contributed by atoms with Gasteiger partial charge in [0.05, 0.1) is 18.0 Å². The van der Waals surface area contributed by atoms with Gasteiger partial charge in [0.2, 0.25) is 11.8 Å². The number of halogens is 3. The first kappa shape index (κ1) is 20.9. The van der Waals surface area contributed by atoms with E-state index in [9.17, 15) is 22.8 Å². The summed E-state index contributed by atoms with van der Waals surface area (Å²) in [4.78, 5) is 26.2. The van der Waals surface area contributed by atoms with Gasteiger partial charge in [-0.25, -0.2) is 0 Å². The number of alkyl halides is 3. The number of hydrogen-bond acceptors (Lipinski definition) is 2. The number of benzene rings is 2. The quantitative estimate of drug-likeness (QED) is 0.790. The third kappa shape index (κ3) is 5.59. The molecule has 2 aromatic carbocycles. The number of nitrogens with zero attached hydrogens (tertiary/aromatic N) is 1. The van der Waals surface area contributed by atoms with E-state index in [1.807, 2.05) is 31.2 Å². The van der Waals surface area contributed by atoms with Crippen LogP contribution in [0.5, 0.6) is 0 Å². The molecule has 154 valence electrons. The summed E-state index contributed by atoms with van der Waals surface area (Å²) in [5.74, 6) is -0.349. The van der Waals surface area contributed by atoms with Crippen molar-refractivity contribution in [2.24, 2.45) is 0 Å². The molecule has 0 aromatic heterocycles. The number of carbonyl (C=O) groups is 2. The summed E-state index contributed by atoms with van der Waals surface area (Å²) >= 11 is 0. The number of aryl methyl sites for hydroxylation is 1. The number of carbonyl (C=O) groups excluding carboxylic acids is 2. The Morgan fingerprint density at radius 3 is 2.52 bits per heavy atom. The van der Waals surface area contributed by atoms with Crippen LogP contribution < -0.4 is 5.32 Å². The normalized spacial score (nSPS) is 15.4. The number of nitrogens with one attached hydrogen (secondary N) is 1. The fourth-order valence-electron chi connectivity index (χ4n) is 3.42. The van der Waals surface area contributed by atoms with Crippen LogP contribution in [-0.4, -0.2) is 29.8 Å². The maximum Gasteiger partial charge on any atom is 0.416 e. The summed E-state index contributed by atoms with van der Waals surface area (Å²) in [6, 6.07) is 11.7. The second kappa shape index (κ2) is 8.68. The van der Waals surface area contributed by atoms with Crippen LogP contribution in [0, 0.1) is 6.92 Å². The van der Waals surface area contributed by atoms with E-state index in [1.54, 1.807) is 11.0 Å². The summed E-state index contributed by atoms with van der Waals surface area (Å²) in [6.07, 6.45) is -3.22. The molecule has 0 bridgehead atoms. The molecule has 2 amide bonds. The largest absolute Gasteiger partial charge is 0.416 e. The lowest BCUT2D eigenvalue weighted by Gasteiger charge is -2.26. The maximum atomic E-state index is 13.1. The Labute approximate surface area is 167 Å². The van der Waals surface area contributed by atoms with Crippen molar-refractivity contribution in [2.45, 2.75) is 38.4 Å². The summed E-state index contributed by atoms with van der Waals surface area (Å²) in [7, 11) is 0. The van der Waals surface area contributed by atoms with E-state index in [1.165, 1.54) is 6.07 Å². The molecular formula is C22H23F3N2O2. The van der Waals surface area contributed by atoms with Crippen LogP contribution in [0.4, 0.5) is 13.2 Å². The average Bonchev–Trinajstić information content (AvgIpc) is 3.07. The first-order chi connectivity index (χ1) is 13.7. The number of amides is 2. The number of hydrogen-bond donors (Lipinski definition) is 1. The van der Waals surface area contributed by atoms with E-state index in [2.05, 4.69) is 5.32 Å². The van der Waals surface area contributed by atoms with Crippen LogP contribution in [0.2, 0.25) is 0 Å². The fourth-order valence-corrected chi connectivity index (χ4v) is 3.42. The Morgan fingerprint density at radius 2 is 1.90 bits per heavy atom. The molecule has 1 N–H and O–H groups in total. The zero-order valence-electron chi connectivity index (χ0n) is 16.1. The van der Waals surface area contributed by atoms with Crippen molar-refractivity contribution in [3.05, 3.63) is 70.8 Å². The minimum Gasteiger partial charge on any atom is -0.347 e. The van der Waals surface area contributed by atoms with E-state index in [0.29, 0.717) is 24.9 Å². The molecule has 3 rings (SSSR count). The van der Waals surface area contributed by atoms with Crippen LogP contribution >= 0.6 is 0 Å². The first-order valence-electron chi connectivity index (χ1n) is 9.52. The lowest BCUT2D eigenvalue weighted by molar-refractivity contribution is -0.137. The predicted octanol–water partition coefficient (Wildman–Crippen LogP) is 4.04. The van der Waals surface area contributed by atoms with Crippen LogP contribution in [0.3, 0.4) is 0 Å². The van der Waals surface area contributed by atoms with Crippen LogP contribution in [0.15, 0.2) is 48.5 Å². The van der Waals surface area contributed by atoms with Crippen molar-refractivity contribution < 1.29 is 22.8 Å². The molecule has 0 aliphatic carbocycles. The van der Waals surface area contributed by atoms with Gasteiger partial charge in [0.15, 0.2) is 0 Å². The van der Waals surface area contributed by atoms with Gasteiger partial charge in [-0.3, -0.25) is 9.59 Å². The summed E-state index contributed by atoms with van der Waals surface area (Å²) in [5, 5.41) is 2.82. The molecule has 0 saturated carbocycles. The molecule has 1 atom stereocenters. The molecule has 0 radical (unpaired) electrons. The highest BCUT2D eigenvalue weighted by molar-refractivity contribution is 5.80. The Balaban J connectivity index is 1.80. The average molecular weight is 404 g/mol. The van der Waals surface area contributed by atoms with Crippen LogP contribution in [0.25, 0.3) is 0 Å². The van der Waals surface area contributed by atoms with E-state index >= 15 is 0 Å². The Morgan fingerprint density at radius 1 is 1.17 bits per heavy atom. The van der Waals surface area contributed by atoms with Gasteiger partial charge in [0.1, 0.15) is 0 Å². The molecule has 1 aliphatic heterocycles. The molecule has 29 heavy (non-hydrogen) atoms. The molecule has 1 saturated heterocycles. The monoisotopic (exact) mass is 404 g/mol. The molecule has 7 heteroatoms. The van der Waals surface area contributed by atoms with E-state index in [-0.39, 0.29) is 24.8 Å². The van der Waals surface area contributed by atoms with E-state index in [4.69, 9.17) is 0 Å². The van der Waals surface area contributed by atoms with Gasteiger partial charge in [-0.1, -0.05) is 42.0 Å². The molecule has 1 unspecified atom stereocenters. The maximum absolute atomic E-state index is 13.1. The van der Waals surface area contributed by atoms with Crippen molar-refractivity contribution in [2.75, 3.05) is 13.1 Å². The van der Waals surface area contributed by atoms with Gasteiger partial charge in [-0.15, -0.1) is 0 Å². The minimum atomic E-state index is -4.48. The zero-order valence-corrected chi connectivity index (χ0v) is 16.1. The zero-order chi connectivity index (χ0) is 21.0. The minimum absolute atomic E-state index is 0.0465. The number of rotatable bonds is 6. The fraction of sp³-hybridized carbons (Fsp3) is 0.364. The van der Waals surface area contributed by atoms with Gasteiger partial charge < -0.3 is 10.2 Å². The highest BCUT2D eigenvalue weighted by atomic mass is 19.4. The second-order valence-corrected chi connectivity index (χ2v) is 7.35. The third-order valence-electron chi connectivity index (χ3n) is 5.01. The van der Waals surface area contributed by atoms with E-state index < -0.39 is 17.8 Å². The molecule has 0 spiro atoms. The van der Waals surface area contributed by atoms with Crippen molar-refractivity contribution in [3.8, 4) is 0 Å². The molecule has 2 aromatic rings. The molecular weight excluding hydrogens is 381 g/mol. The van der Waals surface area contributed by atoms with E-state index in [0.717, 1.165) is 23.3 Å². The summed E-state index contributed by atoms with van der Waals surface area (Å²) in [6.45, 7) is 2.64. The van der Waals surface area contributed by atoms with Gasteiger partial charge in [-0.2, -0.15) is 13.2 Å². The van der Waals surface area contributed by atoms with Gasteiger partial charge in [-0.05, 0) is 36.6 Å². The molecule has 1 aliphatic rings. The van der Waals surface area contributed by atoms with Crippen LogP contribution in [-0.2, 0) is 22.2 Å². The van der Waals surface area contributed by atoms with Crippen molar-refractivity contribution in [3.63, 3.8) is 0 Å². The Bertz CT molecular complexity index is 878. The topological polar surface area (TPSA) is 49.4 Å². The second-order valence-electron chi connectivity index (χ2n) is 7.35. The van der Waals surface area contributed by atoms with Crippen molar-refractivity contribution >= 4 is 11.8 Å². The standard InChI is InChI=1S/C22H23F3N2O2/c1-15-7-9-16(10-8-15)12-20(28)26-19(14-27-11-3-6-21(27)29)17-4-2-5-18(13-17)22(23,24)25/h2,4-5,7-10,13,19H,3,6,11-12,14H2,1H3,(H,26,28). The predicted molar refractivity (Wildman–Crippen MR) is 103 cm³/mol. The van der Waals surface area contributed by atoms with Crippen molar-refractivity contribution in [1.82, 2.24) is 10.2 Å². The molecule has 4 nitrogen and oxygen atoms in total. The highest BCUT2D eigenvalue weighted by Crippen LogP contribution is 2.31. The summed E-state index contributed by atoms with van der Waals surface area (Å²) in [5.41, 5.74) is 1.44. The smallest absolute Gasteiger partial charge is 0.347 e. The third-order valence-corrected chi connectivity index (χ3v) is 5.01. The van der Waals surface area contributed by atoms with Gasteiger partial charge in [0.25, 0.3) is 0 Å². The first-order valence-corrected chi connectivity index (χ1v) is 9.52. The molecule has 1 heterocycles. The Kier molecular flexibility index (Phi) is 6.25. The van der Waals surface area contributed by atoms with Crippen LogP contribution in [0.1, 0.15) is 41.1 Å². The lowest BCUT2D eigenvalue weighted by atomic mass is 10.0. The summed E-state index contributed by atoms with van der Waals surface area (Å²) < 4.78 is 39.4. The number of likely N-dealkylation sites (tertiary alicyclic amines) is 1. The van der Waals surface area contributed by atoms with Crippen molar-refractivity contribution in [1.29, 1.82) is 0 Å². The van der Waals surface area contributed by atoms with Gasteiger partial charge in [0, 0.05) is 19.5 Å².